The van der Waals surface area contributed by atoms with E-state index in [0.29, 0.717) is 18.7 Å². The predicted octanol–water partition coefficient (Wildman–Crippen LogP) is 3.21. The molecule has 1 saturated heterocycles. The average molecular weight is 308 g/mol. The minimum atomic E-state index is -4.34. The van der Waals surface area contributed by atoms with Crippen LogP contribution in [0.5, 0.6) is 0 Å². The van der Waals surface area contributed by atoms with Gasteiger partial charge in [0.2, 0.25) is 5.91 Å². The van der Waals surface area contributed by atoms with Crippen LogP contribution in [0.1, 0.15) is 12.0 Å². The van der Waals surface area contributed by atoms with E-state index >= 15 is 0 Å². The van der Waals surface area contributed by atoms with Crippen LogP contribution in [0.2, 0.25) is 0 Å². The van der Waals surface area contributed by atoms with Crippen molar-refractivity contribution in [2.24, 2.45) is 0 Å². The Balaban J connectivity index is 2.22. The van der Waals surface area contributed by atoms with Crippen LogP contribution in [0.25, 0.3) is 0 Å². The largest absolute Gasteiger partial charge is 0.416 e. The van der Waals surface area contributed by atoms with E-state index in [1.165, 1.54) is 17.0 Å². The molecule has 2 rings (SSSR count). The zero-order valence-corrected chi connectivity index (χ0v) is 10.3. The Kier molecular flexibility index (Phi) is 3.16. The third-order valence-corrected chi connectivity index (χ3v) is 3.20. The van der Waals surface area contributed by atoms with E-state index < -0.39 is 11.7 Å². The van der Waals surface area contributed by atoms with Crippen LogP contribution >= 0.6 is 15.9 Å². The number of carbonyl (C=O) groups is 1. The van der Waals surface area contributed by atoms with Crippen molar-refractivity contribution in [1.29, 1.82) is 0 Å². The first kappa shape index (κ1) is 12.4. The lowest BCUT2D eigenvalue weighted by Gasteiger charge is -2.16. The van der Waals surface area contributed by atoms with Crippen molar-refractivity contribution in [3.8, 4) is 0 Å². The number of nitrogens with zero attached hydrogens (tertiary/aromatic N) is 1. The maximum absolute atomic E-state index is 12.3. The first-order valence-electron chi connectivity index (χ1n) is 4.99. The number of carbonyl (C=O) groups excluding carboxylic acids is 1. The number of benzene rings is 1. The molecule has 0 spiro atoms. The summed E-state index contributed by atoms with van der Waals surface area (Å²) in [6, 6.07) is 4.63. The fourth-order valence-corrected chi connectivity index (χ4v) is 2.31. The highest BCUT2D eigenvalue weighted by molar-refractivity contribution is 9.09. The molecule has 1 aromatic rings. The Morgan fingerprint density at radius 2 is 1.82 bits per heavy atom. The molecule has 0 saturated carbocycles. The normalized spacial score (nSPS) is 21.1. The van der Waals surface area contributed by atoms with Gasteiger partial charge in [-0.1, -0.05) is 15.9 Å². The zero-order valence-electron chi connectivity index (χ0n) is 8.67. The van der Waals surface area contributed by atoms with Crippen molar-refractivity contribution in [2.75, 3.05) is 11.4 Å². The fourth-order valence-electron chi connectivity index (χ4n) is 1.74. The van der Waals surface area contributed by atoms with Gasteiger partial charge in [0.05, 0.1) is 5.56 Å². The highest BCUT2D eigenvalue weighted by atomic mass is 79.9. The molecule has 1 aromatic carbocycles. The Morgan fingerprint density at radius 1 is 1.24 bits per heavy atom. The molecule has 0 aromatic heterocycles. The van der Waals surface area contributed by atoms with E-state index in [0.717, 1.165) is 12.1 Å². The Labute approximate surface area is 105 Å². The van der Waals surface area contributed by atoms with E-state index in [2.05, 4.69) is 15.9 Å². The Morgan fingerprint density at radius 3 is 2.24 bits per heavy atom. The van der Waals surface area contributed by atoms with Crippen LogP contribution in [-0.4, -0.2) is 17.3 Å². The third-order valence-electron chi connectivity index (χ3n) is 2.58. The lowest BCUT2D eigenvalue weighted by atomic mass is 10.2. The maximum atomic E-state index is 12.3. The van der Waals surface area contributed by atoms with E-state index in [1.807, 2.05) is 0 Å². The number of hydrogen-bond donors (Lipinski definition) is 0. The Bertz CT molecular complexity index is 429. The summed E-state index contributed by atoms with van der Waals surface area (Å²) in [5, 5.41) is 0. The van der Waals surface area contributed by atoms with Gasteiger partial charge in [0.25, 0.3) is 0 Å². The molecular formula is C11H9BrF3NO. The number of amides is 1. The number of halogens is 4. The molecule has 0 N–H and O–H groups in total. The summed E-state index contributed by atoms with van der Waals surface area (Å²) < 4.78 is 37.0. The molecule has 0 bridgehead atoms. The molecule has 6 heteroatoms. The molecule has 1 aliphatic rings. The first-order valence-corrected chi connectivity index (χ1v) is 5.91. The SMILES string of the molecule is O=C1CC(Br)CN1c1ccc(C(F)(F)F)cc1. The summed E-state index contributed by atoms with van der Waals surface area (Å²) in [4.78, 5) is 13.1. The summed E-state index contributed by atoms with van der Waals surface area (Å²) in [6.07, 6.45) is -3.97. The molecule has 2 nitrogen and oxygen atoms in total. The third kappa shape index (κ3) is 2.62. The van der Waals surface area contributed by atoms with Crippen molar-refractivity contribution < 1.29 is 18.0 Å². The quantitative estimate of drug-likeness (QED) is 0.730. The van der Waals surface area contributed by atoms with E-state index in [1.54, 1.807) is 0 Å². The van der Waals surface area contributed by atoms with E-state index in [-0.39, 0.29) is 10.7 Å². The molecule has 1 atom stereocenters. The second kappa shape index (κ2) is 4.33. The molecule has 1 heterocycles. The molecule has 1 amide bonds. The summed E-state index contributed by atoms with van der Waals surface area (Å²) in [5.74, 6) is -0.0772. The highest BCUT2D eigenvalue weighted by Crippen LogP contribution is 2.32. The van der Waals surface area contributed by atoms with Gasteiger partial charge in [0.1, 0.15) is 0 Å². The van der Waals surface area contributed by atoms with Crippen molar-refractivity contribution in [1.82, 2.24) is 0 Å². The fraction of sp³-hybridized carbons (Fsp3) is 0.364. The second-order valence-corrected chi connectivity index (χ2v) is 5.15. The van der Waals surface area contributed by atoms with Gasteiger partial charge >= 0.3 is 6.18 Å². The summed E-state index contributed by atoms with van der Waals surface area (Å²) in [6.45, 7) is 0.490. The number of anilines is 1. The molecule has 92 valence electrons. The van der Waals surface area contributed by atoms with Crippen molar-refractivity contribution in [3.63, 3.8) is 0 Å². The van der Waals surface area contributed by atoms with Crippen LogP contribution in [0, 0.1) is 0 Å². The van der Waals surface area contributed by atoms with Crippen molar-refractivity contribution in [3.05, 3.63) is 29.8 Å². The molecule has 1 aliphatic heterocycles. The van der Waals surface area contributed by atoms with Crippen LogP contribution in [-0.2, 0) is 11.0 Å². The zero-order chi connectivity index (χ0) is 12.6. The van der Waals surface area contributed by atoms with Gasteiger partial charge in [-0.05, 0) is 24.3 Å². The number of hydrogen-bond acceptors (Lipinski definition) is 1. The van der Waals surface area contributed by atoms with E-state index in [9.17, 15) is 18.0 Å². The first-order chi connectivity index (χ1) is 7.88. The van der Waals surface area contributed by atoms with Gasteiger partial charge in [-0.2, -0.15) is 13.2 Å². The van der Waals surface area contributed by atoms with Gasteiger partial charge in [-0.3, -0.25) is 4.79 Å². The summed E-state index contributed by atoms with van der Waals surface area (Å²) in [7, 11) is 0. The molecular weight excluding hydrogens is 299 g/mol. The van der Waals surface area contributed by atoms with E-state index in [4.69, 9.17) is 0 Å². The minimum absolute atomic E-state index is 0.0669. The molecule has 0 aliphatic carbocycles. The van der Waals surface area contributed by atoms with Gasteiger partial charge in [-0.15, -0.1) is 0 Å². The van der Waals surface area contributed by atoms with Gasteiger partial charge in [0.15, 0.2) is 0 Å². The van der Waals surface area contributed by atoms with Gasteiger partial charge in [-0.25, -0.2) is 0 Å². The van der Waals surface area contributed by atoms with Crippen molar-refractivity contribution in [2.45, 2.75) is 17.4 Å². The Hall–Kier alpha value is -1.04. The monoisotopic (exact) mass is 307 g/mol. The van der Waals surface area contributed by atoms with Gasteiger partial charge < -0.3 is 4.90 Å². The highest BCUT2D eigenvalue weighted by Gasteiger charge is 2.32. The topological polar surface area (TPSA) is 20.3 Å². The lowest BCUT2D eigenvalue weighted by Crippen LogP contribution is -2.24. The predicted molar refractivity (Wildman–Crippen MR) is 61.1 cm³/mol. The maximum Gasteiger partial charge on any atom is 0.416 e. The lowest BCUT2D eigenvalue weighted by molar-refractivity contribution is -0.137. The van der Waals surface area contributed by atoms with Crippen LogP contribution in [0.15, 0.2) is 24.3 Å². The van der Waals surface area contributed by atoms with Crippen LogP contribution in [0.3, 0.4) is 0 Å². The molecule has 1 unspecified atom stereocenters. The van der Waals surface area contributed by atoms with Crippen molar-refractivity contribution >= 4 is 27.5 Å². The van der Waals surface area contributed by atoms with Gasteiger partial charge in [0, 0.05) is 23.5 Å². The smallest absolute Gasteiger partial charge is 0.311 e. The second-order valence-electron chi connectivity index (χ2n) is 3.85. The molecule has 0 radical (unpaired) electrons. The summed E-state index contributed by atoms with van der Waals surface area (Å²) in [5.41, 5.74) is -0.201. The molecule has 1 fully saturated rings. The standard InChI is InChI=1S/C11H9BrF3NO/c12-8-5-10(17)16(6-8)9-3-1-7(2-4-9)11(13,14)15/h1-4,8H,5-6H2. The molecule has 17 heavy (non-hydrogen) atoms. The van der Waals surface area contributed by atoms with Crippen LogP contribution < -0.4 is 4.90 Å². The number of rotatable bonds is 1. The van der Waals surface area contributed by atoms with Crippen LogP contribution in [0.4, 0.5) is 18.9 Å². The average Bonchev–Trinajstić information content (AvgIpc) is 2.57. The summed E-state index contributed by atoms with van der Waals surface area (Å²) >= 11 is 3.32. The minimum Gasteiger partial charge on any atom is -0.311 e. The number of alkyl halides is 4.